The molecule has 166 valence electrons. The molecule has 2 atom stereocenters. The molecule has 0 spiro atoms. The van der Waals surface area contributed by atoms with Crippen molar-refractivity contribution in [3.63, 3.8) is 0 Å². The normalized spacial score (nSPS) is 13.4. The molecule has 0 heterocycles. The van der Waals surface area contributed by atoms with E-state index in [0.717, 1.165) is 0 Å². The number of hydrogen-bond acceptors (Lipinski definition) is 6. The first-order valence-corrected chi connectivity index (χ1v) is 10.1. The third-order valence-electron chi connectivity index (χ3n) is 3.96. The summed E-state index contributed by atoms with van der Waals surface area (Å²) in [6.07, 6.45) is 0.117. The van der Waals surface area contributed by atoms with Crippen LogP contribution in [0.4, 0.5) is 0 Å². The quantitative estimate of drug-likeness (QED) is 0.277. The Morgan fingerprint density at radius 1 is 1.17 bits per heavy atom. The minimum Gasteiger partial charge on any atom is -0.453 e. The van der Waals surface area contributed by atoms with Crippen molar-refractivity contribution < 1.29 is 29.2 Å². The van der Waals surface area contributed by atoms with Gasteiger partial charge in [0, 0.05) is 5.02 Å². The highest BCUT2D eigenvalue weighted by Gasteiger charge is 2.30. The maximum Gasteiger partial charge on any atom is 0.475 e. The van der Waals surface area contributed by atoms with Crippen molar-refractivity contribution in [2.45, 2.75) is 65.0 Å². The Bertz CT molecular complexity index is 751. The van der Waals surface area contributed by atoms with E-state index in [0.29, 0.717) is 17.0 Å². The Hall–Kier alpha value is -2.10. The molecule has 10 heteroatoms. The average molecular weight is 441 g/mol. The van der Waals surface area contributed by atoms with E-state index < -0.39 is 42.5 Å². The number of esters is 1. The van der Waals surface area contributed by atoms with E-state index in [1.807, 2.05) is 13.8 Å². The maximum atomic E-state index is 12.6. The molecule has 0 aliphatic carbocycles. The van der Waals surface area contributed by atoms with Gasteiger partial charge < -0.3 is 25.4 Å². The summed E-state index contributed by atoms with van der Waals surface area (Å²) < 4.78 is 5.06. The monoisotopic (exact) mass is 440 g/mol. The summed E-state index contributed by atoms with van der Waals surface area (Å²) in [4.78, 5) is 36.9. The first-order chi connectivity index (χ1) is 13.8. The predicted molar refractivity (Wildman–Crippen MR) is 114 cm³/mol. The Morgan fingerprint density at radius 3 is 2.30 bits per heavy atom. The average Bonchev–Trinajstić information content (AvgIpc) is 2.58. The summed E-state index contributed by atoms with van der Waals surface area (Å²) >= 11 is 6.02. The van der Waals surface area contributed by atoms with Crippen LogP contribution < -0.4 is 10.6 Å². The van der Waals surface area contributed by atoms with Crippen LogP contribution in [0, 0.1) is 5.92 Å². The summed E-state index contributed by atoms with van der Waals surface area (Å²) in [5.41, 5.74) is -0.335. The molecule has 0 aliphatic heterocycles. The highest BCUT2D eigenvalue weighted by molar-refractivity contribution is 6.43. The Labute approximate surface area is 182 Å². The summed E-state index contributed by atoms with van der Waals surface area (Å²) in [6.45, 7) is 8.67. The molecule has 0 radical (unpaired) electrons. The number of carbonyl (C=O) groups excluding carboxylic acids is 3. The topological polar surface area (TPSA) is 125 Å². The van der Waals surface area contributed by atoms with Gasteiger partial charge >= 0.3 is 19.0 Å². The molecule has 1 rings (SSSR count). The largest absolute Gasteiger partial charge is 0.475 e. The van der Waals surface area contributed by atoms with E-state index in [4.69, 9.17) is 16.3 Å². The van der Waals surface area contributed by atoms with Gasteiger partial charge in [0.2, 0.25) is 5.91 Å². The maximum absolute atomic E-state index is 12.6. The highest BCUT2D eigenvalue weighted by atomic mass is 35.5. The lowest BCUT2D eigenvalue weighted by Crippen LogP contribution is -2.48. The number of halogens is 1. The number of ether oxygens (including phenoxy) is 1. The predicted octanol–water partition coefficient (Wildman–Crippen LogP) is 1.77. The Morgan fingerprint density at radius 2 is 1.80 bits per heavy atom. The molecule has 1 unspecified atom stereocenters. The van der Waals surface area contributed by atoms with Gasteiger partial charge in [-0.15, -0.1) is 0 Å². The second-order valence-electron chi connectivity index (χ2n) is 8.50. The molecule has 0 saturated carbocycles. The fourth-order valence-electron chi connectivity index (χ4n) is 2.73. The Balaban J connectivity index is 2.98. The van der Waals surface area contributed by atoms with Crippen molar-refractivity contribution in [3.8, 4) is 0 Å². The minimum atomic E-state index is -1.72. The number of carbonyl (C=O) groups is 3. The molecule has 0 saturated heterocycles. The molecule has 0 fully saturated rings. The number of benzene rings is 1. The highest BCUT2D eigenvalue weighted by Crippen LogP contribution is 2.21. The van der Waals surface area contributed by atoms with Gasteiger partial charge in [0.1, 0.15) is 5.60 Å². The van der Waals surface area contributed by atoms with Crippen LogP contribution in [0.5, 0.6) is 0 Å². The molecule has 8 nitrogen and oxygen atoms in total. The van der Waals surface area contributed by atoms with Crippen LogP contribution in [0.25, 0.3) is 0 Å². The van der Waals surface area contributed by atoms with E-state index in [9.17, 15) is 24.4 Å². The summed E-state index contributed by atoms with van der Waals surface area (Å²) in [6, 6.07) is 5.65. The van der Waals surface area contributed by atoms with Crippen molar-refractivity contribution in [3.05, 3.63) is 34.9 Å². The lowest BCUT2D eigenvalue weighted by atomic mass is 9.75. The van der Waals surface area contributed by atoms with Crippen molar-refractivity contribution in [2.75, 3.05) is 0 Å². The van der Waals surface area contributed by atoms with Crippen molar-refractivity contribution in [2.24, 2.45) is 5.92 Å². The minimum absolute atomic E-state index is 0.118. The molecule has 4 N–H and O–H groups in total. The van der Waals surface area contributed by atoms with E-state index in [-0.39, 0.29) is 12.3 Å². The first-order valence-electron chi connectivity index (χ1n) is 9.73. The number of rotatable bonds is 8. The van der Waals surface area contributed by atoms with Crippen LogP contribution in [-0.4, -0.2) is 46.5 Å². The van der Waals surface area contributed by atoms with Gasteiger partial charge in [-0.2, -0.15) is 0 Å². The molecular weight excluding hydrogens is 410 g/mol. The molecule has 1 aromatic carbocycles. The van der Waals surface area contributed by atoms with Crippen LogP contribution in [0.15, 0.2) is 24.3 Å². The van der Waals surface area contributed by atoms with Gasteiger partial charge in [-0.1, -0.05) is 37.6 Å². The van der Waals surface area contributed by atoms with Gasteiger partial charge in [0.15, 0.2) is 0 Å². The fourth-order valence-corrected chi connectivity index (χ4v) is 2.93. The zero-order valence-electron chi connectivity index (χ0n) is 17.9. The van der Waals surface area contributed by atoms with Crippen LogP contribution in [0.2, 0.25) is 5.02 Å². The third-order valence-corrected chi connectivity index (χ3v) is 4.20. The molecule has 30 heavy (non-hydrogen) atoms. The van der Waals surface area contributed by atoms with Gasteiger partial charge in [-0.3, -0.25) is 9.59 Å². The van der Waals surface area contributed by atoms with Crippen LogP contribution in [0.1, 0.15) is 59.1 Å². The first kappa shape index (κ1) is 25.9. The van der Waals surface area contributed by atoms with Gasteiger partial charge in [0.05, 0.1) is 18.4 Å². The SMILES string of the molecule is CC(C)C[C@H](NC(=O)CC(NC(=O)C(=O)OC(C)(C)C)c1cccc(Cl)c1)B(O)O. The molecule has 2 amide bonds. The van der Waals surface area contributed by atoms with Gasteiger partial charge in [-0.05, 0) is 50.8 Å². The zero-order valence-corrected chi connectivity index (χ0v) is 18.7. The zero-order chi connectivity index (χ0) is 23.1. The number of nitrogens with one attached hydrogen (secondary N) is 2. The molecular formula is C20H30BClN2O6. The fraction of sp³-hybridized carbons (Fsp3) is 0.550. The second-order valence-corrected chi connectivity index (χ2v) is 8.94. The summed E-state index contributed by atoms with van der Waals surface area (Å²) in [5, 5.41) is 24.5. The van der Waals surface area contributed by atoms with Crippen LogP contribution in [-0.2, 0) is 19.1 Å². The number of hydrogen-bond donors (Lipinski definition) is 4. The molecule has 0 aromatic heterocycles. The third kappa shape index (κ3) is 9.60. The van der Waals surface area contributed by atoms with Crippen molar-refractivity contribution >= 4 is 36.5 Å². The smallest absolute Gasteiger partial charge is 0.453 e. The molecule has 1 aromatic rings. The van der Waals surface area contributed by atoms with E-state index in [1.165, 1.54) is 0 Å². The molecule has 0 bridgehead atoms. The second kappa shape index (κ2) is 11.3. The van der Waals surface area contributed by atoms with Crippen LogP contribution in [0.3, 0.4) is 0 Å². The van der Waals surface area contributed by atoms with E-state index in [2.05, 4.69) is 10.6 Å². The van der Waals surface area contributed by atoms with Gasteiger partial charge in [0.25, 0.3) is 0 Å². The van der Waals surface area contributed by atoms with Crippen molar-refractivity contribution in [1.82, 2.24) is 10.6 Å². The molecule has 0 aliphatic rings. The Kier molecular flexibility index (Phi) is 9.80. The van der Waals surface area contributed by atoms with Crippen LogP contribution >= 0.6 is 11.6 Å². The standard InChI is InChI=1S/C20H30BClN2O6/c1-12(2)9-16(21(28)29)24-17(25)11-15(13-7-6-8-14(22)10-13)23-18(26)19(27)30-20(3,4)5/h6-8,10,12,15-16,28-29H,9,11H2,1-5H3,(H,23,26)(H,24,25)/t15?,16-/m0/s1. The van der Waals surface area contributed by atoms with Crippen molar-refractivity contribution in [1.29, 1.82) is 0 Å². The summed E-state index contributed by atoms with van der Waals surface area (Å²) in [5.74, 6) is -3.34. The van der Waals surface area contributed by atoms with E-state index >= 15 is 0 Å². The lowest BCUT2D eigenvalue weighted by Gasteiger charge is -2.24. The summed E-state index contributed by atoms with van der Waals surface area (Å²) in [7, 11) is -1.72. The number of amides is 2. The van der Waals surface area contributed by atoms with Gasteiger partial charge in [-0.25, -0.2) is 4.79 Å². The van der Waals surface area contributed by atoms with E-state index in [1.54, 1.807) is 45.0 Å². The lowest BCUT2D eigenvalue weighted by molar-refractivity contribution is -0.163.